The smallest absolute Gasteiger partial charge is 0.410 e. The fourth-order valence-corrected chi connectivity index (χ4v) is 1.98. The van der Waals surface area contributed by atoms with Crippen LogP contribution >= 0.6 is 0 Å². The quantitative estimate of drug-likeness (QED) is 0.571. The molecule has 1 heterocycles. The van der Waals surface area contributed by atoms with Crippen molar-refractivity contribution in [1.82, 2.24) is 4.90 Å². The minimum atomic E-state index is -0.402. The van der Waals surface area contributed by atoms with Gasteiger partial charge in [-0.2, -0.15) is 0 Å². The van der Waals surface area contributed by atoms with E-state index in [0.29, 0.717) is 19.8 Å². The number of hydrogen-bond donors (Lipinski definition) is 1. The summed E-state index contributed by atoms with van der Waals surface area (Å²) in [5.74, 6) is 0. The van der Waals surface area contributed by atoms with Crippen molar-refractivity contribution in [1.29, 1.82) is 0 Å². The third-order valence-corrected chi connectivity index (χ3v) is 3.57. The second-order valence-corrected chi connectivity index (χ2v) is 5.64. The highest BCUT2D eigenvalue weighted by atomic mass is 16.6. The van der Waals surface area contributed by atoms with Gasteiger partial charge in [-0.25, -0.2) is 4.79 Å². The zero-order valence-corrected chi connectivity index (χ0v) is 14.0. The Morgan fingerprint density at radius 1 is 1.41 bits per heavy atom. The van der Waals surface area contributed by atoms with Crippen LogP contribution in [0.2, 0.25) is 0 Å². The molecule has 1 aliphatic heterocycles. The van der Waals surface area contributed by atoms with Crippen LogP contribution in [-0.4, -0.2) is 67.7 Å². The molecule has 0 bridgehead atoms. The van der Waals surface area contributed by atoms with Crippen molar-refractivity contribution in [2.45, 2.75) is 51.7 Å². The average Bonchev–Trinajstić information content (AvgIpc) is 2.92. The first kappa shape index (κ1) is 20.7. The Balaban J connectivity index is 0.00000135. The van der Waals surface area contributed by atoms with Crippen LogP contribution in [0.15, 0.2) is 0 Å². The number of ether oxygens (including phenoxy) is 3. The molecule has 1 aliphatic rings. The number of amides is 1. The molecule has 0 spiro atoms. The van der Waals surface area contributed by atoms with Gasteiger partial charge in [-0.3, -0.25) is 4.79 Å². The zero-order chi connectivity index (χ0) is 17.0. The Bertz CT molecular complexity index is 321. The van der Waals surface area contributed by atoms with Crippen LogP contribution in [0.3, 0.4) is 0 Å². The molecule has 0 aliphatic carbocycles. The maximum absolute atomic E-state index is 12.1. The SMILES string of the molecule is CCC(C)(C)OC(=O)N1CCCC1COCCOC.O=CO. The molecule has 1 unspecified atom stereocenters. The van der Waals surface area contributed by atoms with Crippen molar-refractivity contribution < 1.29 is 28.9 Å². The zero-order valence-electron chi connectivity index (χ0n) is 14.0. The van der Waals surface area contributed by atoms with Gasteiger partial charge in [0, 0.05) is 13.7 Å². The molecule has 1 rings (SSSR count). The molecule has 22 heavy (non-hydrogen) atoms. The summed E-state index contributed by atoms with van der Waals surface area (Å²) >= 11 is 0. The van der Waals surface area contributed by atoms with E-state index in [4.69, 9.17) is 24.1 Å². The van der Waals surface area contributed by atoms with Crippen molar-refractivity contribution >= 4 is 12.6 Å². The Labute approximate surface area is 132 Å². The van der Waals surface area contributed by atoms with Gasteiger partial charge in [0.15, 0.2) is 0 Å². The van der Waals surface area contributed by atoms with E-state index in [9.17, 15) is 4.79 Å². The third-order valence-electron chi connectivity index (χ3n) is 3.57. The second kappa shape index (κ2) is 11.3. The summed E-state index contributed by atoms with van der Waals surface area (Å²) < 4.78 is 16.0. The summed E-state index contributed by atoms with van der Waals surface area (Å²) in [7, 11) is 1.65. The number of likely N-dealkylation sites (tertiary alicyclic amines) is 1. The lowest BCUT2D eigenvalue weighted by molar-refractivity contribution is -0.122. The minimum Gasteiger partial charge on any atom is -0.483 e. The standard InChI is InChI=1S/C14H27NO4.CH2O2/c1-5-14(2,3)19-13(16)15-8-6-7-12(15)11-18-10-9-17-4;2-1-3/h12H,5-11H2,1-4H3;1H,(H,2,3). The van der Waals surface area contributed by atoms with Crippen molar-refractivity contribution in [2.75, 3.05) is 33.5 Å². The second-order valence-electron chi connectivity index (χ2n) is 5.64. The molecule has 1 saturated heterocycles. The molecule has 0 radical (unpaired) electrons. The molecule has 0 aromatic carbocycles. The number of carbonyl (C=O) groups is 2. The summed E-state index contributed by atoms with van der Waals surface area (Å²) in [4.78, 5) is 22.3. The van der Waals surface area contributed by atoms with Gasteiger partial charge in [0.2, 0.25) is 0 Å². The van der Waals surface area contributed by atoms with Gasteiger partial charge in [0.05, 0.1) is 25.9 Å². The molecule has 7 heteroatoms. The van der Waals surface area contributed by atoms with Gasteiger partial charge in [-0.1, -0.05) is 6.92 Å². The third kappa shape index (κ3) is 8.19. The number of nitrogens with zero attached hydrogens (tertiary/aromatic N) is 1. The first-order valence-corrected chi connectivity index (χ1v) is 7.56. The Morgan fingerprint density at radius 2 is 2.05 bits per heavy atom. The minimum absolute atomic E-state index is 0.136. The van der Waals surface area contributed by atoms with E-state index in [1.54, 1.807) is 12.0 Å². The molecular formula is C15H29NO6. The Hall–Kier alpha value is -1.34. The molecule has 7 nitrogen and oxygen atoms in total. The molecular weight excluding hydrogens is 290 g/mol. The summed E-state index contributed by atoms with van der Waals surface area (Å²) in [6.45, 7) is 8.11. The molecule has 1 atom stereocenters. The van der Waals surface area contributed by atoms with Crippen LogP contribution in [0.25, 0.3) is 0 Å². The van der Waals surface area contributed by atoms with Crippen molar-refractivity contribution in [3.8, 4) is 0 Å². The summed E-state index contributed by atoms with van der Waals surface area (Å²) in [6.07, 6.45) is 2.58. The monoisotopic (exact) mass is 319 g/mol. The first-order valence-electron chi connectivity index (χ1n) is 7.56. The first-order chi connectivity index (χ1) is 10.4. The van der Waals surface area contributed by atoms with E-state index in [2.05, 4.69) is 0 Å². The lowest BCUT2D eigenvalue weighted by atomic mass is 10.1. The van der Waals surface area contributed by atoms with Gasteiger partial charge in [0.1, 0.15) is 5.60 Å². The van der Waals surface area contributed by atoms with Gasteiger partial charge in [0.25, 0.3) is 6.47 Å². The predicted octanol–water partition coefficient (Wildman–Crippen LogP) is 2.14. The fraction of sp³-hybridized carbons (Fsp3) is 0.867. The average molecular weight is 319 g/mol. The highest BCUT2D eigenvalue weighted by Gasteiger charge is 2.32. The molecule has 1 fully saturated rings. The normalized spacial score (nSPS) is 17.6. The van der Waals surface area contributed by atoms with Crippen LogP contribution in [0, 0.1) is 0 Å². The molecule has 0 aromatic heterocycles. The lowest BCUT2D eigenvalue weighted by Gasteiger charge is -2.30. The highest BCUT2D eigenvalue weighted by molar-refractivity contribution is 5.69. The molecule has 1 N–H and O–H groups in total. The van der Waals surface area contributed by atoms with E-state index < -0.39 is 5.60 Å². The number of carboxylic acid groups (broad SMARTS) is 1. The van der Waals surface area contributed by atoms with Crippen molar-refractivity contribution in [3.05, 3.63) is 0 Å². The highest BCUT2D eigenvalue weighted by Crippen LogP contribution is 2.22. The largest absolute Gasteiger partial charge is 0.483 e. The maximum Gasteiger partial charge on any atom is 0.410 e. The summed E-state index contributed by atoms with van der Waals surface area (Å²) in [5, 5.41) is 6.89. The molecule has 0 aromatic rings. The number of rotatable bonds is 7. The summed E-state index contributed by atoms with van der Waals surface area (Å²) in [5.41, 5.74) is -0.402. The van der Waals surface area contributed by atoms with E-state index in [0.717, 1.165) is 25.8 Å². The molecule has 0 saturated carbocycles. The molecule has 130 valence electrons. The van der Waals surface area contributed by atoms with Gasteiger partial charge in [-0.15, -0.1) is 0 Å². The van der Waals surface area contributed by atoms with Gasteiger partial charge in [-0.05, 0) is 33.1 Å². The van der Waals surface area contributed by atoms with E-state index in [-0.39, 0.29) is 18.6 Å². The predicted molar refractivity (Wildman–Crippen MR) is 82.0 cm³/mol. The summed E-state index contributed by atoms with van der Waals surface area (Å²) in [6, 6.07) is 0.136. The van der Waals surface area contributed by atoms with Crippen LogP contribution < -0.4 is 0 Å². The van der Waals surface area contributed by atoms with Crippen LogP contribution in [0.1, 0.15) is 40.0 Å². The van der Waals surface area contributed by atoms with Crippen LogP contribution in [0.5, 0.6) is 0 Å². The fourth-order valence-electron chi connectivity index (χ4n) is 1.98. The number of hydrogen-bond acceptors (Lipinski definition) is 5. The van der Waals surface area contributed by atoms with Crippen LogP contribution in [-0.2, 0) is 19.0 Å². The maximum atomic E-state index is 12.1. The van der Waals surface area contributed by atoms with Gasteiger partial charge >= 0.3 is 6.09 Å². The number of carbonyl (C=O) groups excluding carboxylic acids is 1. The van der Waals surface area contributed by atoms with Crippen molar-refractivity contribution in [2.24, 2.45) is 0 Å². The topological polar surface area (TPSA) is 85.3 Å². The Kier molecular flexibility index (Phi) is 10.6. The van der Waals surface area contributed by atoms with E-state index >= 15 is 0 Å². The van der Waals surface area contributed by atoms with Crippen LogP contribution in [0.4, 0.5) is 4.79 Å². The van der Waals surface area contributed by atoms with E-state index in [1.165, 1.54) is 0 Å². The van der Waals surface area contributed by atoms with E-state index in [1.807, 2.05) is 20.8 Å². The lowest BCUT2D eigenvalue weighted by Crippen LogP contribution is -2.42. The van der Waals surface area contributed by atoms with Gasteiger partial charge < -0.3 is 24.2 Å². The Morgan fingerprint density at radius 3 is 2.59 bits per heavy atom. The number of methoxy groups -OCH3 is 1. The van der Waals surface area contributed by atoms with Crippen molar-refractivity contribution in [3.63, 3.8) is 0 Å². The molecule has 1 amide bonds.